The topological polar surface area (TPSA) is 70.5 Å². The van der Waals surface area contributed by atoms with Gasteiger partial charge in [0.25, 0.3) is 0 Å². The van der Waals surface area contributed by atoms with Crippen LogP contribution in [-0.2, 0) is 18.5 Å². The van der Waals surface area contributed by atoms with Gasteiger partial charge < -0.3 is 20.9 Å². The molecule has 0 aliphatic carbocycles. The first-order valence-electron chi connectivity index (χ1n) is 9.39. The number of nitrogen functional groups attached to an aromatic ring is 2. The van der Waals surface area contributed by atoms with Gasteiger partial charge in [-0.15, -0.1) is 0 Å². The van der Waals surface area contributed by atoms with Crippen molar-refractivity contribution in [2.45, 2.75) is 18.5 Å². The molecule has 200 valence electrons. The van der Waals surface area contributed by atoms with E-state index in [0.717, 1.165) is 0 Å². The third-order valence-electron chi connectivity index (χ3n) is 4.63. The first kappa shape index (κ1) is 27.6. The highest BCUT2D eigenvalue weighted by Gasteiger charge is 2.43. The molecule has 0 bridgehead atoms. The number of alkyl halides is 9. The summed E-state index contributed by atoms with van der Waals surface area (Å²) in [6.45, 7) is 0. The van der Waals surface area contributed by atoms with E-state index in [-0.39, 0.29) is 18.2 Å². The average molecular weight is 550 g/mol. The standard InChI is InChI=1S/C21H10F12N2O2/c22-8-2-4-10(34)13(20(28,29)30)17(8)36-12-6-1-7(19(25,26)27)16(15(12)24)37-18-9(23)3-5-11(35)14(18)21(31,32)33/h1-6H,34-35H2. The highest BCUT2D eigenvalue weighted by molar-refractivity contribution is 5.60. The van der Waals surface area contributed by atoms with Crippen molar-refractivity contribution in [3.8, 4) is 23.0 Å². The number of nitrogens with two attached hydrogens (primary N) is 2. The van der Waals surface area contributed by atoms with E-state index in [1.54, 1.807) is 0 Å². The van der Waals surface area contributed by atoms with Gasteiger partial charge in [-0.25, -0.2) is 8.78 Å². The first-order chi connectivity index (χ1) is 16.8. The van der Waals surface area contributed by atoms with Crippen molar-refractivity contribution < 1.29 is 62.2 Å². The molecule has 0 fully saturated rings. The lowest BCUT2D eigenvalue weighted by Gasteiger charge is -2.21. The molecule has 0 saturated heterocycles. The van der Waals surface area contributed by atoms with Crippen LogP contribution in [0.2, 0.25) is 0 Å². The lowest BCUT2D eigenvalue weighted by molar-refractivity contribution is -0.140. The van der Waals surface area contributed by atoms with Crippen LogP contribution in [0, 0.1) is 17.5 Å². The maximum Gasteiger partial charge on any atom is 0.422 e. The quantitative estimate of drug-likeness (QED) is 0.256. The third-order valence-corrected chi connectivity index (χ3v) is 4.63. The molecule has 0 saturated carbocycles. The molecule has 0 amide bonds. The largest absolute Gasteiger partial charge is 0.450 e. The van der Waals surface area contributed by atoms with Crippen molar-refractivity contribution in [3.05, 3.63) is 70.5 Å². The lowest BCUT2D eigenvalue weighted by atomic mass is 10.1. The first-order valence-corrected chi connectivity index (χ1v) is 9.39. The second kappa shape index (κ2) is 9.15. The summed E-state index contributed by atoms with van der Waals surface area (Å²) in [6.07, 6.45) is -16.4. The monoisotopic (exact) mass is 550 g/mol. The van der Waals surface area contributed by atoms with Gasteiger partial charge in [-0.05, 0) is 36.4 Å². The number of halogens is 12. The summed E-state index contributed by atoms with van der Waals surface area (Å²) in [4.78, 5) is 0. The van der Waals surface area contributed by atoms with Gasteiger partial charge >= 0.3 is 18.5 Å². The maximum atomic E-state index is 15.1. The number of benzene rings is 3. The van der Waals surface area contributed by atoms with Crippen LogP contribution in [-0.4, -0.2) is 0 Å². The molecular weight excluding hydrogens is 540 g/mol. The fraction of sp³-hybridized carbons (Fsp3) is 0.143. The molecule has 4 nitrogen and oxygen atoms in total. The maximum absolute atomic E-state index is 15.1. The van der Waals surface area contributed by atoms with E-state index in [1.165, 1.54) is 0 Å². The summed E-state index contributed by atoms with van der Waals surface area (Å²) in [6, 6.07) is 1.59. The van der Waals surface area contributed by atoms with Gasteiger partial charge in [0.1, 0.15) is 16.7 Å². The highest BCUT2D eigenvalue weighted by atomic mass is 19.4. The van der Waals surface area contributed by atoms with E-state index in [2.05, 4.69) is 9.47 Å². The molecule has 0 aliphatic rings. The zero-order valence-electron chi connectivity index (χ0n) is 17.5. The Kier molecular flexibility index (Phi) is 6.83. The normalized spacial score (nSPS) is 12.5. The minimum Gasteiger partial charge on any atom is -0.450 e. The number of hydrogen-bond donors (Lipinski definition) is 2. The van der Waals surface area contributed by atoms with E-state index in [0.29, 0.717) is 18.2 Å². The van der Waals surface area contributed by atoms with Crippen molar-refractivity contribution in [1.29, 1.82) is 0 Å². The smallest absolute Gasteiger partial charge is 0.422 e. The second-order valence-corrected chi connectivity index (χ2v) is 7.13. The van der Waals surface area contributed by atoms with E-state index in [4.69, 9.17) is 11.5 Å². The Labute approximate surface area is 198 Å². The Morgan fingerprint density at radius 2 is 0.946 bits per heavy atom. The Balaban J connectivity index is 2.27. The minimum atomic E-state index is -5.54. The van der Waals surface area contributed by atoms with E-state index in [9.17, 15) is 48.3 Å². The van der Waals surface area contributed by atoms with Crippen LogP contribution >= 0.6 is 0 Å². The molecule has 0 aliphatic heterocycles. The molecule has 0 unspecified atom stereocenters. The number of ether oxygens (including phenoxy) is 2. The molecule has 3 rings (SSSR count). The van der Waals surface area contributed by atoms with Crippen molar-refractivity contribution in [2.24, 2.45) is 0 Å². The van der Waals surface area contributed by atoms with Crippen LogP contribution in [0.25, 0.3) is 0 Å². The van der Waals surface area contributed by atoms with Gasteiger partial charge in [-0.2, -0.15) is 43.9 Å². The Hall–Kier alpha value is -3.98. The van der Waals surface area contributed by atoms with Gasteiger partial charge in [-0.3, -0.25) is 0 Å². The zero-order valence-corrected chi connectivity index (χ0v) is 17.5. The summed E-state index contributed by atoms with van der Waals surface area (Å²) in [7, 11) is 0. The summed E-state index contributed by atoms with van der Waals surface area (Å²) < 4.78 is 173. The third kappa shape index (κ3) is 5.41. The number of rotatable bonds is 4. The predicted molar refractivity (Wildman–Crippen MR) is 103 cm³/mol. The molecule has 3 aromatic carbocycles. The molecule has 37 heavy (non-hydrogen) atoms. The van der Waals surface area contributed by atoms with Gasteiger partial charge in [0.15, 0.2) is 34.6 Å². The summed E-state index contributed by atoms with van der Waals surface area (Å²) in [5.41, 5.74) is 1.83. The van der Waals surface area contributed by atoms with Crippen LogP contribution in [0.5, 0.6) is 23.0 Å². The zero-order chi connectivity index (χ0) is 28.1. The SMILES string of the molecule is Nc1ccc(F)c(Oc2ccc(C(F)(F)F)c(Oc3c(F)ccc(N)c3C(F)(F)F)c2F)c1C(F)(F)F. The fourth-order valence-electron chi connectivity index (χ4n) is 3.08. The van der Waals surface area contributed by atoms with Crippen molar-refractivity contribution in [2.75, 3.05) is 11.5 Å². The van der Waals surface area contributed by atoms with Crippen LogP contribution in [0.1, 0.15) is 16.7 Å². The van der Waals surface area contributed by atoms with Crippen LogP contribution in [0.4, 0.5) is 64.1 Å². The molecule has 0 spiro atoms. The lowest BCUT2D eigenvalue weighted by Crippen LogP contribution is -2.15. The molecule has 0 heterocycles. The Morgan fingerprint density at radius 1 is 0.514 bits per heavy atom. The van der Waals surface area contributed by atoms with Crippen LogP contribution < -0.4 is 20.9 Å². The number of hydrogen-bond acceptors (Lipinski definition) is 4. The highest BCUT2D eigenvalue weighted by Crippen LogP contribution is 2.49. The molecule has 4 N–H and O–H groups in total. The molecule has 0 aromatic heterocycles. The van der Waals surface area contributed by atoms with Gasteiger partial charge in [0, 0.05) is 11.4 Å². The predicted octanol–water partition coefficient (Wildman–Crippen LogP) is 7.91. The molecule has 0 radical (unpaired) electrons. The number of anilines is 2. The summed E-state index contributed by atoms with van der Waals surface area (Å²) in [5.74, 6) is -13.5. The van der Waals surface area contributed by atoms with Crippen LogP contribution in [0.15, 0.2) is 36.4 Å². The Bertz CT molecular complexity index is 1350. The molecule has 16 heteroatoms. The average Bonchev–Trinajstić information content (AvgIpc) is 2.73. The van der Waals surface area contributed by atoms with Crippen molar-refractivity contribution in [3.63, 3.8) is 0 Å². The summed E-state index contributed by atoms with van der Waals surface area (Å²) in [5, 5.41) is 0. The Morgan fingerprint density at radius 3 is 1.35 bits per heavy atom. The second-order valence-electron chi connectivity index (χ2n) is 7.13. The van der Waals surface area contributed by atoms with Crippen LogP contribution in [0.3, 0.4) is 0 Å². The van der Waals surface area contributed by atoms with Gasteiger partial charge in [-0.1, -0.05) is 0 Å². The van der Waals surface area contributed by atoms with E-state index < -0.39 is 87.0 Å². The fourth-order valence-corrected chi connectivity index (χ4v) is 3.08. The van der Waals surface area contributed by atoms with Gasteiger partial charge in [0.2, 0.25) is 5.82 Å². The molecular formula is C21H10F12N2O2. The van der Waals surface area contributed by atoms with Crippen molar-refractivity contribution >= 4 is 11.4 Å². The van der Waals surface area contributed by atoms with Crippen molar-refractivity contribution in [1.82, 2.24) is 0 Å². The summed E-state index contributed by atoms with van der Waals surface area (Å²) >= 11 is 0. The van der Waals surface area contributed by atoms with Gasteiger partial charge in [0.05, 0.1) is 0 Å². The van der Waals surface area contributed by atoms with E-state index in [1.807, 2.05) is 0 Å². The van der Waals surface area contributed by atoms with E-state index >= 15 is 4.39 Å². The minimum absolute atomic E-state index is 0.0529. The molecule has 3 aromatic rings. The molecule has 0 atom stereocenters.